The number of fused-ring (bicyclic) bond motifs is 2. The lowest BCUT2D eigenvalue weighted by atomic mass is 9.93. The van der Waals surface area contributed by atoms with Crippen LogP contribution in [0.25, 0.3) is 10.9 Å². The molecule has 0 radical (unpaired) electrons. The number of anilines is 1. The second kappa shape index (κ2) is 3.87. The first-order valence-corrected chi connectivity index (χ1v) is 6.80. The van der Waals surface area contributed by atoms with Crippen LogP contribution in [0.4, 0.5) is 5.69 Å². The standard InChI is InChI=1S/C13H13IN2/c14-8-5-6-12-10(7-8)13(15)9-3-1-2-4-11(9)16-12/h1-4,8H,5-7H2,(H2,15,16)/i14-4. The zero-order chi connectivity index (χ0) is 11.1. The molecule has 1 aliphatic carbocycles. The predicted octanol–water partition coefficient (Wildman–Crippen LogP) is 3.11. The summed E-state index contributed by atoms with van der Waals surface area (Å²) in [4.78, 5) is 4.73. The van der Waals surface area contributed by atoms with E-state index in [-0.39, 0.29) is 0 Å². The number of para-hydroxylation sites is 1. The van der Waals surface area contributed by atoms with Gasteiger partial charge in [0, 0.05) is 20.7 Å². The molecule has 0 saturated heterocycles. The highest BCUT2D eigenvalue weighted by atomic mass is 123. The third-order valence-electron chi connectivity index (χ3n) is 3.24. The molecule has 1 aliphatic rings. The van der Waals surface area contributed by atoms with Crippen LogP contribution in [0.3, 0.4) is 0 Å². The topological polar surface area (TPSA) is 38.9 Å². The van der Waals surface area contributed by atoms with E-state index in [9.17, 15) is 0 Å². The van der Waals surface area contributed by atoms with E-state index in [0.717, 1.165) is 29.4 Å². The van der Waals surface area contributed by atoms with E-state index in [0.29, 0.717) is 3.92 Å². The normalized spacial score (nSPS) is 19.7. The number of alkyl halides is 1. The van der Waals surface area contributed by atoms with Crippen LogP contribution in [0.1, 0.15) is 17.7 Å². The minimum Gasteiger partial charge on any atom is -0.398 e. The summed E-state index contributed by atoms with van der Waals surface area (Å²) in [5.41, 5.74) is 10.7. The third-order valence-corrected chi connectivity index (χ3v) is 4.31. The zero-order valence-electron chi connectivity index (χ0n) is 8.91. The number of hydrogen-bond acceptors (Lipinski definition) is 2. The number of nitrogens with two attached hydrogens (primary N) is 1. The number of benzene rings is 1. The summed E-state index contributed by atoms with van der Waals surface area (Å²) in [5, 5.41) is 1.10. The molecule has 3 rings (SSSR count). The van der Waals surface area contributed by atoms with E-state index in [1.54, 1.807) is 0 Å². The highest BCUT2D eigenvalue weighted by molar-refractivity contribution is 14.1. The van der Waals surface area contributed by atoms with Gasteiger partial charge < -0.3 is 5.73 Å². The van der Waals surface area contributed by atoms with Crippen LogP contribution in [-0.2, 0) is 12.8 Å². The first-order valence-electron chi connectivity index (χ1n) is 5.56. The predicted molar refractivity (Wildman–Crippen MR) is 76.0 cm³/mol. The van der Waals surface area contributed by atoms with Crippen LogP contribution in [0.2, 0.25) is 0 Å². The van der Waals surface area contributed by atoms with Gasteiger partial charge in [-0.25, -0.2) is 0 Å². The molecule has 0 fully saturated rings. The number of nitrogens with zero attached hydrogens (tertiary/aromatic N) is 1. The average molecular weight is 320 g/mol. The van der Waals surface area contributed by atoms with Crippen LogP contribution in [-0.4, -0.2) is 8.91 Å². The number of nitrogen functional groups attached to an aromatic ring is 1. The summed E-state index contributed by atoms with van der Waals surface area (Å²) in [5.74, 6) is 0. The van der Waals surface area contributed by atoms with E-state index in [4.69, 9.17) is 10.7 Å². The quantitative estimate of drug-likeness (QED) is 0.598. The maximum absolute atomic E-state index is 6.26. The smallest absolute Gasteiger partial charge is 0.0726 e. The van der Waals surface area contributed by atoms with Gasteiger partial charge in [0.1, 0.15) is 0 Å². The summed E-state index contributed by atoms with van der Waals surface area (Å²) in [6, 6.07) is 8.15. The molecular weight excluding hydrogens is 307 g/mol. The molecule has 0 amide bonds. The summed E-state index contributed by atoms with van der Waals surface area (Å²) in [6.07, 6.45) is 3.36. The molecule has 2 aromatic rings. The fourth-order valence-corrected chi connectivity index (χ4v) is 3.13. The van der Waals surface area contributed by atoms with Gasteiger partial charge in [0.2, 0.25) is 0 Å². The molecule has 1 aromatic carbocycles. The minimum atomic E-state index is 0.704. The van der Waals surface area contributed by atoms with Gasteiger partial charge in [0.05, 0.1) is 5.52 Å². The number of aryl methyl sites for hydroxylation is 1. The van der Waals surface area contributed by atoms with Crippen molar-refractivity contribution in [2.24, 2.45) is 0 Å². The van der Waals surface area contributed by atoms with Crippen molar-refractivity contribution in [1.29, 1.82) is 0 Å². The maximum Gasteiger partial charge on any atom is 0.0726 e. The molecule has 0 aliphatic heterocycles. The van der Waals surface area contributed by atoms with Gasteiger partial charge in [0.25, 0.3) is 0 Å². The summed E-state index contributed by atoms with van der Waals surface area (Å²) in [6.45, 7) is 0. The van der Waals surface area contributed by atoms with E-state index in [2.05, 4.69) is 28.7 Å². The van der Waals surface area contributed by atoms with Crippen molar-refractivity contribution < 1.29 is 0 Å². The molecule has 2 nitrogen and oxygen atoms in total. The Hall–Kier alpha value is -0.840. The first-order chi connectivity index (χ1) is 7.75. The molecule has 0 saturated carbocycles. The van der Waals surface area contributed by atoms with Crippen molar-refractivity contribution in [3.05, 3.63) is 35.5 Å². The number of hydrogen-bond donors (Lipinski definition) is 1. The van der Waals surface area contributed by atoms with Gasteiger partial charge in [0.15, 0.2) is 0 Å². The van der Waals surface area contributed by atoms with Crippen LogP contribution in [0.15, 0.2) is 24.3 Å². The van der Waals surface area contributed by atoms with Gasteiger partial charge in [-0.05, 0) is 30.9 Å². The molecule has 1 atom stereocenters. The van der Waals surface area contributed by atoms with Gasteiger partial charge in [-0.2, -0.15) is 0 Å². The van der Waals surface area contributed by atoms with E-state index < -0.39 is 0 Å². The number of halogens is 1. The third kappa shape index (κ3) is 1.57. The van der Waals surface area contributed by atoms with Gasteiger partial charge in [-0.3, -0.25) is 4.98 Å². The van der Waals surface area contributed by atoms with Gasteiger partial charge in [-0.1, -0.05) is 40.8 Å². The van der Waals surface area contributed by atoms with Crippen molar-refractivity contribution in [2.45, 2.75) is 23.2 Å². The number of aromatic nitrogens is 1. The van der Waals surface area contributed by atoms with Crippen molar-refractivity contribution in [1.82, 2.24) is 4.98 Å². The molecule has 16 heavy (non-hydrogen) atoms. The van der Waals surface area contributed by atoms with E-state index >= 15 is 0 Å². The molecule has 1 heterocycles. The lowest BCUT2D eigenvalue weighted by molar-refractivity contribution is 0.708. The average Bonchev–Trinajstić information content (AvgIpc) is 2.31. The molecule has 3 heteroatoms. The van der Waals surface area contributed by atoms with Crippen molar-refractivity contribution in [3.8, 4) is 0 Å². The first kappa shape index (κ1) is 10.3. The minimum absolute atomic E-state index is 0.704. The second-order valence-corrected chi connectivity index (χ2v) is 6.07. The van der Waals surface area contributed by atoms with Crippen LogP contribution < -0.4 is 5.73 Å². The van der Waals surface area contributed by atoms with Crippen LogP contribution in [0.5, 0.6) is 0 Å². The number of rotatable bonds is 0. The van der Waals surface area contributed by atoms with Crippen molar-refractivity contribution in [2.75, 3.05) is 5.73 Å². The number of pyridine rings is 1. The summed E-state index contributed by atoms with van der Waals surface area (Å²) >= 11 is 2.51. The maximum atomic E-state index is 6.26. The van der Waals surface area contributed by atoms with Crippen molar-refractivity contribution >= 4 is 39.2 Å². The Morgan fingerprint density at radius 1 is 1.31 bits per heavy atom. The molecule has 1 unspecified atom stereocenters. The second-order valence-electron chi connectivity index (χ2n) is 4.31. The van der Waals surface area contributed by atoms with Crippen molar-refractivity contribution in [3.63, 3.8) is 0 Å². The molecule has 0 bridgehead atoms. The van der Waals surface area contributed by atoms with Gasteiger partial charge >= 0.3 is 0 Å². The molecule has 2 N–H and O–H groups in total. The lowest BCUT2D eigenvalue weighted by Gasteiger charge is -2.22. The molecule has 82 valence electrons. The van der Waals surface area contributed by atoms with Gasteiger partial charge in [-0.15, -0.1) is 0 Å². The lowest BCUT2D eigenvalue weighted by Crippen LogP contribution is -2.17. The Morgan fingerprint density at radius 3 is 3.00 bits per heavy atom. The molecule has 0 spiro atoms. The van der Waals surface area contributed by atoms with E-state index in [1.807, 2.05) is 18.2 Å². The molecule has 1 aromatic heterocycles. The Kier molecular flexibility index (Phi) is 2.50. The Labute approximate surface area is 108 Å². The summed E-state index contributed by atoms with van der Waals surface area (Å²) < 4.78 is 0.704. The fourth-order valence-electron chi connectivity index (χ4n) is 2.38. The largest absolute Gasteiger partial charge is 0.398 e. The van der Waals surface area contributed by atoms with Crippen LogP contribution >= 0.6 is 22.6 Å². The SMILES string of the molecule is Nc1c2c(nc3ccccc13)CCC([123I])C2. The Balaban J connectivity index is 2.29. The monoisotopic (exact) mass is 320 g/mol. The van der Waals surface area contributed by atoms with Crippen LogP contribution in [0, 0.1) is 0 Å². The fraction of sp³-hybridized carbons (Fsp3) is 0.308. The zero-order valence-corrected chi connectivity index (χ0v) is 11.1. The summed E-state index contributed by atoms with van der Waals surface area (Å²) in [7, 11) is 0. The molecular formula is C13H13IN2. The Bertz CT molecular complexity index is 551. The highest BCUT2D eigenvalue weighted by Gasteiger charge is 2.20. The van der Waals surface area contributed by atoms with E-state index in [1.165, 1.54) is 17.7 Å². The highest BCUT2D eigenvalue weighted by Crippen LogP contribution is 2.33. The Morgan fingerprint density at radius 2 is 2.12 bits per heavy atom.